The summed E-state index contributed by atoms with van der Waals surface area (Å²) >= 11 is 0. The Kier molecular flexibility index (Phi) is 8.52. The summed E-state index contributed by atoms with van der Waals surface area (Å²) in [6.07, 6.45) is 7.06. The van der Waals surface area contributed by atoms with Gasteiger partial charge >= 0.3 is 0 Å². The number of hydrogen-bond donors (Lipinski definition) is 0. The van der Waals surface area contributed by atoms with E-state index in [1.54, 1.807) is 0 Å². The summed E-state index contributed by atoms with van der Waals surface area (Å²) in [6, 6.07) is 31.7. The second-order valence-corrected chi connectivity index (χ2v) is 14.5. The molecule has 4 nitrogen and oxygen atoms in total. The molecule has 3 aromatic carbocycles. The Morgan fingerprint density at radius 1 is 0.614 bits per heavy atom. The number of hydrogen-bond acceptors (Lipinski definition) is 4. The maximum Gasteiger partial charge on any atom is 0.139 e. The summed E-state index contributed by atoms with van der Waals surface area (Å²) in [7, 11) is 0. The highest BCUT2D eigenvalue weighted by atomic mass is 16.5. The first-order valence-electron chi connectivity index (χ1n) is 17.0. The van der Waals surface area contributed by atoms with Crippen LogP contribution in [0.5, 0.6) is 0 Å². The van der Waals surface area contributed by atoms with Crippen LogP contribution in [-0.4, -0.2) is 24.1 Å². The van der Waals surface area contributed by atoms with Crippen molar-refractivity contribution in [2.24, 2.45) is 34.5 Å². The summed E-state index contributed by atoms with van der Waals surface area (Å²) in [5.74, 6) is 1.97. The maximum atomic E-state index is 13.4. The second kappa shape index (κ2) is 12.5. The molecule has 0 amide bonds. The number of carbonyl (C=O) groups excluding carboxylic acids is 1. The first-order valence-corrected chi connectivity index (χ1v) is 17.0. The van der Waals surface area contributed by atoms with Gasteiger partial charge in [-0.05, 0) is 84.3 Å². The molecule has 0 radical (unpaired) electrons. The molecule has 4 heteroatoms. The summed E-state index contributed by atoms with van der Waals surface area (Å²) in [4.78, 5) is 13.4. The Morgan fingerprint density at radius 3 is 1.75 bits per heavy atom. The molecule has 0 spiro atoms. The molecule has 9 unspecified atom stereocenters. The van der Waals surface area contributed by atoms with E-state index < -0.39 is 0 Å². The minimum absolute atomic E-state index is 0.0636. The van der Waals surface area contributed by atoms with Gasteiger partial charge in [-0.3, -0.25) is 4.79 Å². The SMILES string of the molecule is CC12CCC3C(C(OCc4ccccc4)C(OCc4ccccc4)C4CC(OCc5ccccc5)CCC43C)C1CCC2=O. The third kappa shape index (κ3) is 5.59. The lowest BCUT2D eigenvalue weighted by molar-refractivity contribution is -0.252. The summed E-state index contributed by atoms with van der Waals surface area (Å²) in [6.45, 7) is 6.59. The van der Waals surface area contributed by atoms with Crippen LogP contribution in [0.15, 0.2) is 91.0 Å². The van der Waals surface area contributed by atoms with Gasteiger partial charge in [-0.2, -0.15) is 0 Å². The van der Waals surface area contributed by atoms with Crippen molar-refractivity contribution >= 4 is 5.78 Å². The number of rotatable bonds is 9. The van der Waals surface area contributed by atoms with Crippen molar-refractivity contribution in [3.63, 3.8) is 0 Å². The maximum absolute atomic E-state index is 13.4. The van der Waals surface area contributed by atoms with Crippen molar-refractivity contribution in [2.45, 2.75) is 96.9 Å². The van der Waals surface area contributed by atoms with Gasteiger partial charge in [0.05, 0.1) is 38.1 Å². The minimum Gasteiger partial charge on any atom is -0.374 e. The van der Waals surface area contributed by atoms with Crippen molar-refractivity contribution in [1.29, 1.82) is 0 Å². The number of carbonyl (C=O) groups is 1. The lowest BCUT2D eigenvalue weighted by Gasteiger charge is -2.64. The third-order valence-corrected chi connectivity index (χ3v) is 12.3. The fourth-order valence-corrected chi connectivity index (χ4v) is 9.83. The highest BCUT2D eigenvalue weighted by Gasteiger charge is 2.66. The van der Waals surface area contributed by atoms with Gasteiger partial charge in [0.15, 0.2) is 0 Å². The molecule has 44 heavy (non-hydrogen) atoms. The van der Waals surface area contributed by atoms with Crippen LogP contribution in [0.1, 0.15) is 75.5 Å². The predicted octanol–water partition coefficient (Wildman–Crippen LogP) is 8.57. The van der Waals surface area contributed by atoms with Crippen molar-refractivity contribution < 1.29 is 19.0 Å². The Morgan fingerprint density at radius 2 is 1.16 bits per heavy atom. The monoisotopic (exact) mass is 592 g/mol. The Balaban J connectivity index is 1.23. The molecular formula is C40H48O4. The topological polar surface area (TPSA) is 44.8 Å². The fraction of sp³-hybridized carbons (Fsp3) is 0.525. The van der Waals surface area contributed by atoms with Crippen LogP contribution in [-0.2, 0) is 38.8 Å². The molecule has 0 saturated heterocycles. The molecule has 9 atom stereocenters. The molecule has 3 aromatic rings. The van der Waals surface area contributed by atoms with Gasteiger partial charge in [0.25, 0.3) is 0 Å². The van der Waals surface area contributed by atoms with E-state index >= 15 is 0 Å². The van der Waals surface area contributed by atoms with Crippen LogP contribution in [0.2, 0.25) is 0 Å². The van der Waals surface area contributed by atoms with Gasteiger partial charge in [0, 0.05) is 11.8 Å². The van der Waals surface area contributed by atoms with E-state index in [0.717, 1.165) is 38.5 Å². The van der Waals surface area contributed by atoms with E-state index in [2.05, 4.69) is 105 Å². The number of Topliss-reactive ketones (excluding diaryl/α,β-unsaturated/α-hetero) is 1. The lowest BCUT2D eigenvalue weighted by atomic mass is 9.43. The molecule has 4 fully saturated rings. The van der Waals surface area contributed by atoms with Crippen molar-refractivity contribution in [3.8, 4) is 0 Å². The summed E-state index contributed by atoms with van der Waals surface area (Å²) < 4.78 is 20.9. The molecule has 4 aliphatic carbocycles. The normalized spacial score (nSPS) is 36.3. The van der Waals surface area contributed by atoms with E-state index in [9.17, 15) is 4.79 Å². The van der Waals surface area contributed by atoms with Crippen LogP contribution in [0.25, 0.3) is 0 Å². The molecule has 0 bridgehead atoms. The van der Waals surface area contributed by atoms with E-state index in [0.29, 0.717) is 55.7 Å². The molecule has 7 rings (SSSR count). The Bertz CT molecular complexity index is 1390. The van der Waals surface area contributed by atoms with Crippen LogP contribution in [0, 0.1) is 34.5 Å². The second-order valence-electron chi connectivity index (χ2n) is 14.5. The largest absolute Gasteiger partial charge is 0.374 e. The standard InChI is InChI=1S/C40H48O4/c1-39-22-20-31(42-25-28-12-6-3-7-13-28)24-34(39)37(43-26-29-14-8-4-9-15-29)38(44-27-30-16-10-5-11-17-30)36-32-18-19-35(41)40(32,2)23-21-33(36)39/h3-17,31-34,36-38H,18-27H2,1-2H3. The van der Waals surface area contributed by atoms with Crippen LogP contribution in [0.3, 0.4) is 0 Å². The zero-order valence-corrected chi connectivity index (χ0v) is 26.4. The van der Waals surface area contributed by atoms with Gasteiger partial charge in [0.2, 0.25) is 0 Å². The van der Waals surface area contributed by atoms with Gasteiger partial charge < -0.3 is 14.2 Å². The van der Waals surface area contributed by atoms with Gasteiger partial charge in [0.1, 0.15) is 5.78 Å². The molecular weight excluding hydrogens is 544 g/mol. The van der Waals surface area contributed by atoms with E-state index in [4.69, 9.17) is 14.2 Å². The molecule has 0 aromatic heterocycles. The highest BCUT2D eigenvalue weighted by Crippen LogP contribution is 2.66. The number of fused-ring (bicyclic) bond motifs is 5. The first-order chi connectivity index (χ1) is 21.5. The van der Waals surface area contributed by atoms with Crippen LogP contribution in [0.4, 0.5) is 0 Å². The van der Waals surface area contributed by atoms with Gasteiger partial charge in [-0.15, -0.1) is 0 Å². The minimum atomic E-state index is -0.237. The average molecular weight is 593 g/mol. The molecule has 4 aliphatic rings. The average Bonchev–Trinajstić information content (AvgIpc) is 3.37. The molecule has 0 heterocycles. The smallest absolute Gasteiger partial charge is 0.139 e. The van der Waals surface area contributed by atoms with Gasteiger partial charge in [-0.1, -0.05) is 105 Å². The molecule has 0 N–H and O–H groups in total. The highest BCUT2D eigenvalue weighted by molar-refractivity contribution is 5.87. The van der Waals surface area contributed by atoms with Crippen LogP contribution >= 0.6 is 0 Å². The third-order valence-electron chi connectivity index (χ3n) is 12.3. The van der Waals surface area contributed by atoms with Crippen LogP contribution < -0.4 is 0 Å². The number of ketones is 1. The van der Waals surface area contributed by atoms with E-state index in [1.165, 1.54) is 16.7 Å². The van der Waals surface area contributed by atoms with Gasteiger partial charge in [-0.25, -0.2) is 0 Å². The molecule has 0 aliphatic heterocycles. The molecule has 232 valence electrons. The Labute approximate surface area is 263 Å². The first kappa shape index (κ1) is 29.9. The van der Waals surface area contributed by atoms with E-state index in [-0.39, 0.29) is 29.1 Å². The zero-order chi connectivity index (χ0) is 30.1. The lowest BCUT2D eigenvalue weighted by Crippen LogP contribution is -2.65. The summed E-state index contributed by atoms with van der Waals surface area (Å²) in [5.41, 5.74) is 3.49. The quantitative estimate of drug-likeness (QED) is 0.250. The summed E-state index contributed by atoms with van der Waals surface area (Å²) in [5, 5.41) is 0. The van der Waals surface area contributed by atoms with E-state index in [1.807, 2.05) is 0 Å². The fourth-order valence-electron chi connectivity index (χ4n) is 9.83. The van der Waals surface area contributed by atoms with Crippen molar-refractivity contribution in [1.82, 2.24) is 0 Å². The Hall–Kier alpha value is -2.79. The van der Waals surface area contributed by atoms with Crippen molar-refractivity contribution in [2.75, 3.05) is 0 Å². The number of ether oxygens (including phenoxy) is 3. The van der Waals surface area contributed by atoms with Crippen molar-refractivity contribution in [3.05, 3.63) is 108 Å². The predicted molar refractivity (Wildman–Crippen MR) is 173 cm³/mol. The molecule has 4 saturated carbocycles. The zero-order valence-electron chi connectivity index (χ0n) is 26.4. The number of benzene rings is 3.